The van der Waals surface area contributed by atoms with Crippen LogP contribution in [-0.2, 0) is 9.53 Å². The monoisotopic (exact) mass is 481 g/mol. The van der Waals surface area contributed by atoms with E-state index in [9.17, 15) is 9.59 Å². The lowest BCUT2D eigenvalue weighted by atomic mass is 10.1. The van der Waals surface area contributed by atoms with Gasteiger partial charge in [-0.25, -0.2) is 14.6 Å². The molecular weight excluding hydrogens is 450 g/mol. The maximum atomic E-state index is 13.3. The van der Waals surface area contributed by atoms with Crippen LogP contribution in [-0.4, -0.2) is 35.7 Å². The fourth-order valence-corrected chi connectivity index (χ4v) is 5.03. The van der Waals surface area contributed by atoms with Crippen LogP contribution in [0.3, 0.4) is 0 Å². The van der Waals surface area contributed by atoms with E-state index < -0.39 is 11.6 Å². The van der Waals surface area contributed by atoms with Gasteiger partial charge in [-0.15, -0.1) is 0 Å². The second kappa shape index (κ2) is 10.4. The molecule has 180 valence electrons. The molecule has 2 amide bonds. The number of carbonyl (C=O) groups excluding carboxylic acids is 2. The van der Waals surface area contributed by atoms with Gasteiger partial charge in [-0.05, 0) is 75.9 Å². The van der Waals surface area contributed by atoms with Crippen molar-refractivity contribution in [1.82, 2.24) is 4.98 Å². The van der Waals surface area contributed by atoms with E-state index in [4.69, 9.17) is 9.47 Å². The number of urea groups is 1. The summed E-state index contributed by atoms with van der Waals surface area (Å²) in [6.45, 7) is 6.06. The number of thiazole rings is 1. The summed E-state index contributed by atoms with van der Waals surface area (Å²) in [4.78, 5) is 31.8. The zero-order valence-electron chi connectivity index (χ0n) is 19.9. The SMILES string of the molecule is CCOC(=O)C(C)(C)Oc1ccc(N(CC2CCCC2)C(=O)Nc2nc3ccccc3s2)cc1. The van der Waals surface area contributed by atoms with Crippen LogP contribution in [0.1, 0.15) is 46.5 Å². The highest BCUT2D eigenvalue weighted by atomic mass is 32.1. The van der Waals surface area contributed by atoms with Crippen molar-refractivity contribution in [3.05, 3.63) is 48.5 Å². The van der Waals surface area contributed by atoms with E-state index in [0.29, 0.717) is 30.0 Å². The number of hydrogen-bond donors (Lipinski definition) is 1. The van der Waals surface area contributed by atoms with E-state index in [1.54, 1.807) is 37.8 Å². The second-order valence-electron chi connectivity index (χ2n) is 9.00. The molecule has 1 aromatic heterocycles. The highest BCUT2D eigenvalue weighted by Crippen LogP contribution is 2.31. The number of anilines is 2. The molecule has 1 aliphatic carbocycles. The van der Waals surface area contributed by atoms with Crippen molar-refractivity contribution in [2.75, 3.05) is 23.4 Å². The molecule has 0 saturated heterocycles. The highest BCUT2D eigenvalue weighted by molar-refractivity contribution is 7.22. The number of benzene rings is 2. The average Bonchev–Trinajstić information content (AvgIpc) is 3.47. The fraction of sp³-hybridized carbons (Fsp3) is 0.423. The number of nitrogens with zero attached hydrogens (tertiary/aromatic N) is 2. The molecule has 0 spiro atoms. The molecule has 34 heavy (non-hydrogen) atoms. The number of carbonyl (C=O) groups is 2. The molecule has 8 heteroatoms. The molecule has 1 saturated carbocycles. The molecule has 1 fully saturated rings. The Bertz CT molecular complexity index is 1100. The van der Waals surface area contributed by atoms with Crippen molar-refractivity contribution >= 4 is 44.4 Å². The van der Waals surface area contributed by atoms with Crippen LogP contribution >= 0.6 is 11.3 Å². The number of para-hydroxylation sites is 1. The third kappa shape index (κ3) is 5.67. The highest BCUT2D eigenvalue weighted by Gasteiger charge is 2.32. The largest absolute Gasteiger partial charge is 0.476 e. The molecule has 1 heterocycles. The predicted molar refractivity (Wildman–Crippen MR) is 136 cm³/mol. The van der Waals surface area contributed by atoms with Gasteiger partial charge in [-0.3, -0.25) is 10.2 Å². The van der Waals surface area contributed by atoms with Gasteiger partial charge in [0.25, 0.3) is 0 Å². The molecule has 1 aliphatic rings. The molecule has 7 nitrogen and oxygen atoms in total. The number of fused-ring (bicyclic) bond motifs is 1. The number of hydrogen-bond acceptors (Lipinski definition) is 6. The Morgan fingerprint density at radius 3 is 2.50 bits per heavy atom. The zero-order valence-corrected chi connectivity index (χ0v) is 20.7. The summed E-state index contributed by atoms with van der Waals surface area (Å²) in [5.74, 6) is 0.589. The first kappa shape index (κ1) is 24.0. The van der Waals surface area contributed by atoms with Gasteiger partial charge in [0.1, 0.15) is 5.75 Å². The van der Waals surface area contributed by atoms with Gasteiger partial charge >= 0.3 is 12.0 Å². The minimum Gasteiger partial charge on any atom is -0.476 e. The van der Waals surface area contributed by atoms with E-state index >= 15 is 0 Å². The van der Waals surface area contributed by atoms with Crippen LogP contribution in [0.5, 0.6) is 5.75 Å². The summed E-state index contributed by atoms with van der Waals surface area (Å²) >= 11 is 1.46. The van der Waals surface area contributed by atoms with Gasteiger partial charge in [0.2, 0.25) is 0 Å². The van der Waals surface area contributed by atoms with E-state index in [1.165, 1.54) is 24.2 Å². The third-order valence-electron chi connectivity index (χ3n) is 5.96. The van der Waals surface area contributed by atoms with Crippen molar-refractivity contribution in [3.8, 4) is 5.75 Å². The van der Waals surface area contributed by atoms with Crippen molar-refractivity contribution in [2.45, 2.75) is 52.1 Å². The summed E-state index contributed by atoms with van der Waals surface area (Å²) in [7, 11) is 0. The first-order valence-corrected chi connectivity index (χ1v) is 12.6. The molecule has 0 bridgehead atoms. The Balaban J connectivity index is 1.51. The van der Waals surface area contributed by atoms with Crippen molar-refractivity contribution in [1.29, 1.82) is 0 Å². The molecule has 2 aromatic carbocycles. The number of ether oxygens (including phenoxy) is 2. The summed E-state index contributed by atoms with van der Waals surface area (Å²) in [6, 6.07) is 14.9. The minimum atomic E-state index is -1.11. The van der Waals surface area contributed by atoms with Crippen LogP contribution in [0.25, 0.3) is 10.2 Å². The van der Waals surface area contributed by atoms with E-state index in [2.05, 4.69) is 10.3 Å². The molecule has 4 rings (SSSR count). The van der Waals surface area contributed by atoms with Gasteiger partial charge < -0.3 is 9.47 Å². The summed E-state index contributed by atoms with van der Waals surface area (Å²) in [5, 5.41) is 3.57. The Labute approximate surface area is 204 Å². The zero-order chi connectivity index (χ0) is 24.1. The third-order valence-corrected chi connectivity index (χ3v) is 6.91. The summed E-state index contributed by atoms with van der Waals surface area (Å²) in [5.41, 5.74) is 0.535. The molecule has 0 unspecified atom stereocenters. The Morgan fingerprint density at radius 1 is 1.12 bits per heavy atom. The van der Waals surface area contributed by atoms with Crippen LogP contribution in [0.4, 0.5) is 15.6 Å². The van der Waals surface area contributed by atoms with Crippen LogP contribution in [0, 0.1) is 5.92 Å². The second-order valence-corrected chi connectivity index (χ2v) is 10.0. The van der Waals surface area contributed by atoms with Gasteiger partial charge in [-0.2, -0.15) is 0 Å². The van der Waals surface area contributed by atoms with E-state index in [-0.39, 0.29) is 6.03 Å². The molecule has 0 atom stereocenters. The lowest BCUT2D eigenvalue weighted by molar-refractivity contribution is -0.158. The summed E-state index contributed by atoms with van der Waals surface area (Å²) in [6.07, 6.45) is 4.65. The maximum Gasteiger partial charge on any atom is 0.349 e. The maximum absolute atomic E-state index is 13.3. The lowest BCUT2D eigenvalue weighted by Crippen LogP contribution is -2.40. The quantitative estimate of drug-likeness (QED) is 0.385. The van der Waals surface area contributed by atoms with Gasteiger partial charge in [0, 0.05) is 12.2 Å². The Hall–Kier alpha value is -3.13. The van der Waals surface area contributed by atoms with Crippen molar-refractivity contribution in [2.24, 2.45) is 5.92 Å². The van der Waals surface area contributed by atoms with E-state index in [1.807, 2.05) is 36.4 Å². The molecular formula is C26H31N3O4S. The first-order chi connectivity index (χ1) is 16.4. The van der Waals surface area contributed by atoms with Crippen LogP contribution in [0.2, 0.25) is 0 Å². The number of amides is 2. The number of nitrogens with one attached hydrogen (secondary N) is 1. The Morgan fingerprint density at radius 2 is 1.82 bits per heavy atom. The predicted octanol–water partition coefficient (Wildman–Crippen LogP) is 6.25. The smallest absolute Gasteiger partial charge is 0.349 e. The van der Waals surface area contributed by atoms with Crippen LogP contribution in [0.15, 0.2) is 48.5 Å². The molecule has 0 aliphatic heterocycles. The number of rotatable bonds is 8. The van der Waals surface area contributed by atoms with Gasteiger partial charge in [-0.1, -0.05) is 36.3 Å². The first-order valence-electron chi connectivity index (χ1n) is 11.8. The molecule has 0 radical (unpaired) electrons. The molecule has 3 aromatic rings. The van der Waals surface area contributed by atoms with E-state index in [0.717, 1.165) is 28.7 Å². The van der Waals surface area contributed by atoms with Crippen LogP contribution < -0.4 is 15.0 Å². The van der Waals surface area contributed by atoms with Gasteiger partial charge in [0.15, 0.2) is 10.7 Å². The van der Waals surface area contributed by atoms with Gasteiger partial charge in [0.05, 0.1) is 16.8 Å². The minimum absolute atomic E-state index is 0.202. The molecule has 1 N–H and O–H groups in total. The lowest BCUT2D eigenvalue weighted by Gasteiger charge is -2.27. The number of aromatic nitrogens is 1. The fourth-order valence-electron chi connectivity index (χ4n) is 4.18. The average molecular weight is 482 g/mol. The van der Waals surface area contributed by atoms with Crippen molar-refractivity contribution in [3.63, 3.8) is 0 Å². The summed E-state index contributed by atoms with van der Waals surface area (Å²) < 4.78 is 12.0. The standard InChI is InChI=1S/C26H31N3O4S/c1-4-32-23(30)26(2,3)33-20-15-13-19(14-16-20)29(17-18-9-5-6-10-18)25(31)28-24-27-21-11-7-8-12-22(21)34-24/h7-8,11-16,18H,4-6,9-10,17H2,1-3H3,(H,27,28,31). The normalized spacial score (nSPS) is 14.2. The topological polar surface area (TPSA) is 80.8 Å². The Kier molecular flexibility index (Phi) is 7.36. The number of esters is 1. The van der Waals surface area contributed by atoms with Crippen molar-refractivity contribution < 1.29 is 19.1 Å².